The van der Waals surface area contributed by atoms with Crippen molar-refractivity contribution in [3.63, 3.8) is 0 Å². The number of aliphatic imine (C=N–C) groups is 1. The van der Waals surface area contributed by atoms with Gasteiger partial charge in [0.15, 0.2) is 11.8 Å². The Kier molecular flexibility index (Phi) is 6.88. The van der Waals surface area contributed by atoms with Gasteiger partial charge in [0.25, 0.3) is 5.91 Å². The number of nitriles is 1. The maximum Gasteiger partial charge on any atom is 0.337 e. The summed E-state index contributed by atoms with van der Waals surface area (Å²) in [5.41, 5.74) is 1.92. The summed E-state index contributed by atoms with van der Waals surface area (Å²) >= 11 is 1.30. The molecule has 0 atom stereocenters. The number of nitrogens with zero attached hydrogens (tertiary/aromatic N) is 3. The van der Waals surface area contributed by atoms with Crippen LogP contribution in [0.3, 0.4) is 0 Å². The highest BCUT2D eigenvalue weighted by Gasteiger charge is 2.32. The standard InChI is InChI=1S/C22H19N3O4S/c1-3-25-20(26)19(14-15-4-10-18(11-5-15)29-13-12-23)30-22(25)24-17-8-6-16(7-9-17)21(27)28-2/h4-11,14H,3,13H2,1-2H3/b19-14+,24-22?. The number of amidine groups is 1. The van der Waals surface area contributed by atoms with Gasteiger partial charge >= 0.3 is 5.97 Å². The zero-order chi connectivity index (χ0) is 21.5. The summed E-state index contributed by atoms with van der Waals surface area (Å²) in [5, 5.41) is 9.15. The van der Waals surface area contributed by atoms with Crippen LogP contribution in [-0.2, 0) is 9.53 Å². The number of amides is 1. The van der Waals surface area contributed by atoms with Gasteiger partial charge in [-0.05, 0) is 66.7 Å². The molecule has 1 amide bonds. The molecular formula is C22H19N3O4S. The molecule has 1 heterocycles. The van der Waals surface area contributed by atoms with E-state index in [9.17, 15) is 9.59 Å². The fraction of sp³-hybridized carbons (Fsp3) is 0.182. The Balaban J connectivity index is 1.80. The number of hydrogen-bond donors (Lipinski definition) is 0. The highest BCUT2D eigenvalue weighted by molar-refractivity contribution is 8.18. The molecule has 0 radical (unpaired) electrons. The Morgan fingerprint density at radius 2 is 1.90 bits per heavy atom. The van der Waals surface area contributed by atoms with E-state index in [0.29, 0.717) is 33.6 Å². The van der Waals surface area contributed by atoms with Crippen LogP contribution in [0.4, 0.5) is 5.69 Å². The van der Waals surface area contributed by atoms with E-state index in [-0.39, 0.29) is 12.5 Å². The van der Waals surface area contributed by atoms with Crippen molar-refractivity contribution in [3.8, 4) is 11.8 Å². The number of ether oxygens (including phenoxy) is 2. The van der Waals surface area contributed by atoms with Crippen molar-refractivity contribution in [2.45, 2.75) is 6.92 Å². The summed E-state index contributed by atoms with van der Waals surface area (Å²) in [7, 11) is 1.33. The second-order valence-electron chi connectivity index (χ2n) is 6.11. The van der Waals surface area contributed by atoms with E-state index < -0.39 is 5.97 Å². The van der Waals surface area contributed by atoms with E-state index in [2.05, 4.69) is 4.99 Å². The van der Waals surface area contributed by atoms with Crippen LogP contribution in [0.15, 0.2) is 58.4 Å². The summed E-state index contributed by atoms with van der Waals surface area (Å²) < 4.78 is 9.93. The third-order valence-corrected chi connectivity index (χ3v) is 5.21. The number of likely N-dealkylation sites (N-methyl/N-ethyl adjacent to an activating group) is 1. The largest absolute Gasteiger partial charge is 0.479 e. The van der Waals surface area contributed by atoms with Crippen molar-refractivity contribution in [3.05, 3.63) is 64.6 Å². The molecule has 7 nitrogen and oxygen atoms in total. The monoisotopic (exact) mass is 421 g/mol. The summed E-state index contributed by atoms with van der Waals surface area (Å²) in [6, 6.07) is 15.8. The first-order valence-corrected chi connectivity index (χ1v) is 9.95. The van der Waals surface area contributed by atoms with E-state index in [1.807, 2.05) is 25.1 Å². The number of hydrogen-bond acceptors (Lipinski definition) is 7. The zero-order valence-electron chi connectivity index (χ0n) is 16.5. The molecule has 0 unspecified atom stereocenters. The predicted octanol–water partition coefficient (Wildman–Crippen LogP) is 4.00. The Labute approximate surface area is 178 Å². The average Bonchev–Trinajstić information content (AvgIpc) is 3.07. The van der Waals surface area contributed by atoms with Crippen LogP contribution in [0.25, 0.3) is 6.08 Å². The first kappa shape index (κ1) is 21.1. The lowest BCUT2D eigenvalue weighted by Gasteiger charge is -2.12. The molecule has 1 saturated heterocycles. The van der Waals surface area contributed by atoms with Crippen molar-refractivity contribution in [1.82, 2.24) is 4.90 Å². The Hall–Kier alpha value is -3.57. The molecule has 0 N–H and O–H groups in total. The van der Waals surface area contributed by atoms with Crippen LogP contribution in [0.1, 0.15) is 22.8 Å². The van der Waals surface area contributed by atoms with Gasteiger partial charge in [-0.15, -0.1) is 0 Å². The van der Waals surface area contributed by atoms with E-state index >= 15 is 0 Å². The molecule has 1 aliphatic heterocycles. The van der Waals surface area contributed by atoms with Gasteiger partial charge in [-0.25, -0.2) is 9.79 Å². The smallest absolute Gasteiger partial charge is 0.337 e. The number of carbonyl (C=O) groups is 2. The summed E-state index contributed by atoms with van der Waals surface area (Å²) in [4.78, 5) is 31.1. The molecule has 8 heteroatoms. The highest BCUT2D eigenvalue weighted by Crippen LogP contribution is 2.34. The Morgan fingerprint density at radius 1 is 1.20 bits per heavy atom. The van der Waals surface area contributed by atoms with Crippen LogP contribution < -0.4 is 4.74 Å². The van der Waals surface area contributed by atoms with Crippen LogP contribution in [0.2, 0.25) is 0 Å². The number of esters is 1. The number of thioether (sulfide) groups is 1. The van der Waals surface area contributed by atoms with Crippen LogP contribution in [0.5, 0.6) is 5.75 Å². The van der Waals surface area contributed by atoms with Crippen molar-refractivity contribution < 1.29 is 19.1 Å². The molecule has 0 aromatic heterocycles. The molecule has 0 spiro atoms. The van der Waals surface area contributed by atoms with Gasteiger partial charge in [0.05, 0.1) is 23.3 Å². The molecule has 2 aromatic rings. The Morgan fingerprint density at radius 3 is 2.50 bits per heavy atom. The lowest BCUT2D eigenvalue weighted by Crippen LogP contribution is -2.28. The Bertz CT molecular complexity index is 1040. The normalized spacial score (nSPS) is 16.0. The molecule has 3 rings (SSSR count). The topological polar surface area (TPSA) is 92.0 Å². The first-order valence-electron chi connectivity index (χ1n) is 9.14. The average molecular weight is 421 g/mol. The third kappa shape index (κ3) is 4.88. The molecule has 1 fully saturated rings. The highest BCUT2D eigenvalue weighted by atomic mass is 32.2. The van der Waals surface area contributed by atoms with Gasteiger partial charge in [-0.3, -0.25) is 9.69 Å². The second kappa shape index (κ2) is 9.76. The molecule has 0 bridgehead atoms. The molecule has 152 valence electrons. The van der Waals surface area contributed by atoms with Gasteiger partial charge in [-0.2, -0.15) is 5.26 Å². The molecule has 0 saturated carbocycles. The lowest BCUT2D eigenvalue weighted by atomic mass is 10.2. The minimum absolute atomic E-state index is 0.0132. The minimum atomic E-state index is -0.413. The van der Waals surface area contributed by atoms with Gasteiger partial charge in [-0.1, -0.05) is 12.1 Å². The number of methoxy groups -OCH3 is 1. The molecule has 30 heavy (non-hydrogen) atoms. The quantitative estimate of drug-likeness (QED) is 0.517. The van der Waals surface area contributed by atoms with Gasteiger partial charge in [0.2, 0.25) is 0 Å². The van der Waals surface area contributed by atoms with Crippen LogP contribution in [0, 0.1) is 11.3 Å². The van der Waals surface area contributed by atoms with Crippen LogP contribution >= 0.6 is 11.8 Å². The maximum absolute atomic E-state index is 12.8. The SMILES string of the molecule is CCN1C(=O)/C(=C\c2ccc(OCC#N)cc2)SC1=Nc1ccc(C(=O)OC)cc1. The van der Waals surface area contributed by atoms with Crippen molar-refractivity contribution >= 4 is 40.6 Å². The zero-order valence-corrected chi connectivity index (χ0v) is 17.3. The van der Waals surface area contributed by atoms with E-state index in [1.165, 1.54) is 18.9 Å². The number of carbonyl (C=O) groups excluding carboxylic acids is 2. The predicted molar refractivity (Wildman–Crippen MR) is 115 cm³/mol. The first-order chi connectivity index (χ1) is 14.5. The molecule has 1 aliphatic rings. The summed E-state index contributed by atoms with van der Waals surface area (Å²) in [6.45, 7) is 2.36. The van der Waals surface area contributed by atoms with E-state index in [0.717, 1.165) is 5.56 Å². The minimum Gasteiger partial charge on any atom is -0.479 e. The fourth-order valence-electron chi connectivity index (χ4n) is 2.70. The van der Waals surface area contributed by atoms with Crippen molar-refractivity contribution in [1.29, 1.82) is 5.26 Å². The lowest BCUT2D eigenvalue weighted by molar-refractivity contribution is -0.122. The van der Waals surface area contributed by atoms with Crippen LogP contribution in [-0.4, -0.2) is 42.2 Å². The van der Waals surface area contributed by atoms with E-state index in [1.54, 1.807) is 47.4 Å². The van der Waals surface area contributed by atoms with Crippen molar-refractivity contribution in [2.24, 2.45) is 4.99 Å². The van der Waals surface area contributed by atoms with Gasteiger partial charge < -0.3 is 9.47 Å². The summed E-state index contributed by atoms with van der Waals surface area (Å²) in [5.74, 6) is 0.0678. The van der Waals surface area contributed by atoms with E-state index in [4.69, 9.17) is 14.7 Å². The molecule has 2 aromatic carbocycles. The fourth-order valence-corrected chi connectivity index (χ4v) is 3.76. The number of rotatable bonds is 6. The van der Waals surface area contributed by atoms with Gasteiger partial charge in [0.1, 0.15) is 11.8 Å². The summed E-state index contributed by atoms with van der Waals surface area (Å²) in [6.07, 6.45) is 1.80. The maximum atomic E-state index is 12.8. The van der Waals surface area contributed by atoms with Crippen molar-refractivity contribution in [2.75, 3.05) is 20.3 Å². The van der Waals surface area contributed by atoms with Gasteiger partial charge in [0, 0.05) is 6.54 Å². The molecule has 0 aliphatic carbocycles. The molecular weight excluding hydrogens is 402 g/mol. The second-order valence-corrected chi connectivity index (χ2v) is 7.12. The number of benzene rings is 2. The third-order valence-electron chi connectivity index (χ3n) is 4.20.